The highest BCUT2D eigenvalue weighted by Crippen LogP contribution is 2.22. The molecular formula is C12H11F2N5O. The minimum Gasteiger partial charge on any atom is -0.369 e. The standard InChI is InChI=1S/C12H11F2N5O/c1-6-16-10(18-20-6)2-3-19-9-5-7(13)4-8(14)11(9)17-12(19)15/h4-5H,2-3H2,1H3,(H2,15,17). The van der Waals surface area contributed by atoms with Crippen molar-refractivity contribution in [2.24, 2.45) is 0 Å². The fraction of sp³-hybridized carbons (Fsp3) is 0.250. The van der Waals surface area contributed by atoms with Crippen LogP contribution in [0.25, 0.3) is 11.0 Å². The maximum Gasteiger partial charge on any atom is 0.223 e. The third-order valence-corrected chi connectivity index (χ3v) is 2.93. The van der Waals surface area contributed by atoms with E-state index in [4.69, 9.17) is 10.3 Å². The van der Waals surface area contributed by atoms with Crippen molar-refractivity contribution in [1.29, 1.82) is 0 Å². The number of hydrogen-bond donors (Lipinski definition) is 1. The van der Waals surface area contributed by atoms with E-state index in [1.54, 1.807) is 6.92 Å². The molecule has 0 saturated carbocycles. The van der Waals surface area contributed by atoms with Gasteiger partial charge >= 0.3 is 0 Å². The molecule has 2 aromatic heterocycles. The Morgan fingerprint density at radius 2 is 2.10 bits per heavy atom. The second kappa shape index (κ2) is 4.55. The molecule has 0 radical (unpaired) electrons. The van der Waals surface area contributed by atoms with Crippen LogP contribution in [-0.4, -0.2) is 19.7 Å². The normalized spacial score (nSPS) is 11.3. The maximum atomic E-state index is 13.6. The molecule has 3 rings (SSSR count). The summed E-state index contributed by atoms with van der Waals surface area (Å²) in [5, 5.41) is 3.75. The van der Waals surface area contributed by atoms with Crippen molar-refractivity contribution in [1.82, 2.24) is 19.7 Å². The highest BCUT2D eigenvalue weighted by molar-refractivity contribution is 5.79. The molecule has 0 amide bonds. The molecule has 0 fully saturated rings. The van der Waals surface area contributed by atoms with Crippen molar-refractivity contribution in [3.63, 3.8) is 0 Å². The van der Waals surface area contributed by atoms with Crippen LogP contribution < -0.4 is 5.73 Å². The Bertz CT molecular complexity index is 780. The van der Waals surface area contributed by atoms with E-state index in [-0.39, 0.29) is 11.5 Å². The Kier molecular flexibility index (Phi) is 2.85. The van der Waals surface area contributed by atoms with Gasteiger partial charge in [-0.1, -0.05) is 5.16 Å². The Morgan fingerprint density at radius 1 is 1.30 bits per heavy atom. The van der Waals surface area contributed by atoms with Gasteiger partial charge in [-0.3, -0.25) is 0 Å². The number of rotatable bonds is 3. The smallest absolute Gasteiger partial charge is 0.223 e. The molecule has 0 spiro atoms. The minimum absolute atomic E-state index is 0.0493. The monoisotopic (exact) mass is 279 g/mol. The Morgan fingerprint density at radius 3 is 2.80 bits per heavy atom. The van der Waals surface area contributed by atoms with Crippen LogP contribution >= 0.6 is 0 Å². The van der Waals surface area contributed by atoms with E-state index in [0.717, 1.165) is 6.07 Å². The van der Waals surface area contributed by atoms with Crippen LogP contribution in [0.2, 0.25) is 0 Å². The van der Waals surface area contributed by atoms with Gasteiger partial charge in [-0.15, -0.1) is 0 Å². The second-order valence-electron chi connectivity index (χ2n) is 4.36. The van der Waals surface area contributed by atoms with Crippen LogP contribution in [-0.2, 0) is 13.0 Å². The first-order valence-electron chi connectivity index (χ1n) is 5.94. The molecule has 0 aliphatic heterocycles. The lowest BCUT2D eigenvalue weighted by Crippen LogP contribution is -2.06. The molecule has 0 unspecified atom stereocenters. The summed E-state index contributed by atoms with van der Waals surface area (Å²) < 4.78 is 33.3. The van der Waals surface area contributed by atoms with Crippen molar-refractivity contribution in [2.75, 3.05) is 5.73 Å². The number of nitrogens with two attached hydrogens (primary N) is 1. The highest BCUT2D eigenvalue weighted by Gasteiger charge is 2.14. The molecule has 0 bridgehead atoms. The fourth-order valence-corrected chi connectivity index (χ4v) is 2.06. The lowest BCUT2D eigenvalue weighted by molar-refractivity contribution is 0.386. The molecule has 2 heterocycles. The van der Waals surface area contributed by atoms with Crippen LogP contribution in [0, 0.1) is 18.6 Å². The minimum atomic E-state index is -0.735. The van der Waals surface area contributed by atoms with E-state index in [0.29, 0.717) is 30.2 Å². The van der Waals surface area contributed by atoms with Gasteiger partial charge in [0, 0.05) is 32.0 Å². The van der Waals surface area contributed by atoms with Crippen molar-refractivity contribution in [3.8, 4) is 0 Å². The zero-order valence-corrected chi connectivity index (χ0v) is 10.6. The van der Waals surface area contributed by atoms with Gasteiger partial charge in [0.15, 0.2) is 11.6 Å². The summed E-state index contributed by atoms with van der Waals surface area (Å²) in [5.74, 6) is -0.335. The predicted molar refractivity (Wildman–Crippen MR) is 66.8 cm³/mol. The van der Waals surface area contributed by atoms with Crippen LogP contribution in [0.5, 0.6) is 0 Å². The van der Waals surface area contributed by atoms with Gasteiger partial charge in [-0.05, 0) is 0 Å². The van der Waals surface area contributed by atoms with E-state index in [1.807, 2.05) is 0 Å². The van der Waals surface area contributed by atoms with E-state index >= 15 is 0 Å². The molecule has 8 heteroatoms. The van der Waals surface area contributed by atoms with Crippen molar-refractivity contribution >= 4 is 17.0 Å². The van der Waals surface area contributed by atoms with Gasteiger partial charge in [0.1, 0.15) is 11.3 Å². The first-order valence-corrected chi connectivity index (χ1v) is 5.94. The third-order valence-electron chi connectivity index (χ3n) is 2.93. The molecule has 104 valence electrons. The number of imidazole rings is 1. The van der Waals surface area contributed by atoms with Gasteiger partial charge in [-0.25, -0.2) is 13.8 Å². The Hall–Kier alpha value is -2.51. The van der Waals surface area contributed by atoms with Gasteiger partial charge in [0.05, 0.1) is 5.52 Å². The molecule has 1 aromatic carbocycles. The molecule has 20 heavy (non-hydrogen) atoms. The van der Waals surface area contributed by atoms with Gasteiger partial charge in [-0.2, -0.15) is 4.98 Å². The summed E-state index contributed by atoms with van der Waals surface area (Å²) >= 11 is 0. The quantitative estimate of drug-likeness (QED) is 0.790. The zero-order chi connectivity index (χ0) is 14.3. The number of aromatic nitrogens is 4. The van der Waals surface area contributed by atoms with E-state index in [2.05, 4.69) is 15.1 Å². The second-order valence-corrected chi connectivity index (χ2v) is 4.36. The Balaban J connectivity index is 1.96. The highest BCUT2D eigenvalue weighted by atomic mass is 19.1. The van der Waals surface area contributed by atoms with Gasteiger partial charge in [0.2, 0.25) is 11.8 Å². The molecule has 0 saturated heterocycles. The molecule has 0 aliphatic rings. The van der Waals surface area contributed by atoms with Crippen LogP contribution in [0.4, 0.5) is 14.7 Å². The first kappa shape index (κ1) is 12.5. The summed E-state index contributed by atoms with van der Waals surface area (Å²) in [5.41, 5.74) is 6.10. The maximum absolute atomic E-state index is 13.6. The number of fused-ring (bicyclic) bond motifs is 1. The van der Waals surface area contributed by atoms with E-state index < -0.39 is 11.6 Å². The number of nitrogen functional groups attached to an aromatic ring is 1. The fourth-order valence-electron chi connectivity index (χ4n) is 2.06. The molecule has 3 aromatic rings. The summed E-state index contributed by atoms with van der Waals surface area (Å²) in [6.45, 7) is 2.03. The molecule has 2 N–H and O–H groups in total. The lowest BCUT2D eigenvalue weighted by atomic mass is 10.3. The summed E-state index contributed by atoms with van der Waals surface area (Å²) in [7, 11) is 0. The zero-order valence-electron chi connectivity index (χ0n) is 10.6. The number of anilines is 1. The number of aryl methyl sites for hydroxylation is 3. The summed E-state index contributed by atoms with van der Waals surface area (Å²) in [6, 6.07) is 1.98. The van der Waals surface area contributed by atoms with Crippen molar-refractivity contribution < 1.29 is 13.3 Å². The average molecular weight is 279 g/mol. The third kappa shape index (κ3) is 2.09. The molecule has 6 nitrogen and oxygen atoms in total. The predicted octanol–water partition coefficient (Wildman–Crippen LogP) is 1.83. The topological polar surface area (TPSA) is 82.8 Å². The number of halogens is 2. The number of benzene rings is 1. The number of nitrogens with zero attached hydrogens (tertiary/aromatic N) is 4. The van der Waals surface area contributed by atoms with Gasteiger partial charge in [0.25, 0.3) is 0 Å². The van der Waals surface area contributed by atoms with Crippen molar-refractivity contribution in [3.05, 3.63) is 35.5 Å². The SMILES string of the molecule is Cc1nc(CCn2c(N)nc3c(F)cc(F)cc32)no1. The van der Waals surface area contributed by atoms with E-state index in [9.17, 15) is 8.78 Å². The lowest BCUT2D eigenvalue weighted by Gasteiger charge is -2.04. The number of hydrogen-bond acceptors (Lipinski definition) is 5. The molecule has 0 atom stereocenters. The van der Waals surface area contributed by atoms with Crippen LogP contribution in [0.1, 0.15) is 11.7 Å². The summed E-state index contributed by atoms with van der Waals surface area (Å²) in [4.78, 5) is 7.96. The van der Waals surface area contributed by atoms with Crippen LogP contribution in [0.15, 0.2) is 16.7 Å². The summed E-state index contributed by atoms with van der Waals surface area (Å²) in [6.07, 6.45) is 0.422. The van der Waals surface area contributed by atoms with Gasteiger partial charge < -0.3 is 14.8 Å². The van der Waals surface area contributed by atoms with E-state index in [1.165, 1.54) is 10.6 Å². The molecular weight excluding hydrogens is 268 g/mol. The molecule has 0 aliphatic carbocycles. The first-order chi connectivity index (χ1) is 9.54. The van der Waals surface area contributed by atoms with Crippen LogP contribution in [0.3, 0.4) is 0 Å². The Labute approximate surface area is 112 Å². The average Bonchev–Trinajstić information content (AvgIpc) is 2.91. The largest absolute Gasteiger partial charge is 0.369 e. The van der Waals surface area contributed by atoms with Crippen molar-refractivity contribution in [2.45, 2.75) is 19.9 Å².